The Morgan fingerprint density at radius 3 is 2.48 bits per heavy atom. The van der Waals surface area contributed by atoms with E-state index >= 15 is 0 Å². The highest BCUT2D eigenvalue weighted by molar-refractivity contribution is 7.93. The summed E-state index contributed by atoms with van der Waals surface area (Å²) in [5, 5.41) is 9.27. The zero-order chi connectivity index (χ0) is 15.0. The Hall–Kier alpha value is -1.82. The number of aromatic carboxylic acids is 1. The number of anilines is 1. The van der Waals surface area contributed by atoms with E-state index in [4.69, 9.17) is 0 Å². The molecule has 1 aromatic carbocycles. The molecule has 1 aromatic rings. The molecule has 1 aliphatic heterocycles. The molecule has 21 heavy (non-hydrogen) atoms. The standard InChI is InChI=1S/C15H17NO4S/c17-15(18)13-8-12(11-4-1-2-5-11)9-14(10-13)16-6-3-7-21(16,19)20/h1-2,8-11H,3-7H2,(H,17,18). The van der Waals surface area contributed by atoms with Crippen molar-refractivity contribution in [3.05, 3.63) is 41.5 Å². The van der Waals surface area contributed by atoms with Crippen LogP contribution in [0.1, 0.15) is 41.1 Å². The molecule has 0 bridgehead atoms. The molecule has 0 spiro atoms. The van der Waals surface area contributed by atoms with Gasteiger partial charge < -0.3 is 5.11 Å². The highest BCUT2D eigenvalue weighted by atomic mass is 32.2. The van der Waals surface area contributed by atoms with Gasteiger partial charge in [0.25, 0.3) is 0 Å². The number of nitrogens with zero attached hydrogens (tertiary/aromatic N) is 1. The average molecular weight is 307 g/mol. The lowest BCUT2D eigenvalue weighted by Crippen LogP contribution is -2.25. The van der Waals surface area contributed by atoms with Gasteiger partial charge in [-0.2, -0.15) is 0 Å². The van der Waals surface area contributed by atoms with E-state index in [0.29, 0.717) is 18.7 Å². The third-order valence-electron chi connectivity index (χ3n) is 4.05. The Labute approximate surface area is 123 Å². The van der Waals surface area contributed by atoms with Crippen molar-refractivity contribution in [3.63, 3.8) is 0 Å². The van der Waals surface area contributed by atoms with Gasteiger partial charge in [-0.3, -0.25) is 4.31 Å². The first-order valence-electron chi connectivity index (χ1n) is 7.01. The number of carbonyl (C=O) groups is 1. The quantitative estimate of drug-likeness (QED) is 0.870. The van der Waals surface area contributed by atoms with Crippen LogP contribution < -0.4 is 4.31 Å². The maximum absolute atomic E-state index is 12.0. The molecule has 0 radical (unpaired) electrons. The van der Waals surface area contributed by atoms with Crippen LogP contribution in [0, 0.1) is 0 Å². The lowest BCUT2D eigenvalue weighted by Gasteiger charge is -2.20. The van der Waals surface area contributed by atoms with Crippen molar-refractivity contribution in [3.8, 4) is 0 Å². The number of carboxylic acid groups (broad SMARTS) is 1. The summed E-state index contributed by atoms with van der Waals surface area (Å²) in [5.41, 5.74) is 1.53. The number of hydrogen-bond donors (Lipinski definition) is 1. The monoisotopic (exact) mass is 307 g/mol. The van der Waals surface area contributed by atoms with Gasteiger partial charge in [0, 0.05) is 6.54 Å². The van der Waals surface area contributed by atoms with E-state index in [2.05, 4.69) is 12.2 Å². The van der Waals surface area contributed by atoms with Crippen LogP contribution in [0.25, 0.3) is 0 Å². The Bertz CT molecular complexity index is 700. The molecular formula is C15H17NO4S. The van der Waals surface area contributed by atoms with Crippen LogP contribution in [-0.2, 0) is 10.0 Å². The average Bonchev–Trinajstić information content (AvgIpc) is 3.07. The SMILES string of the molecule is O=C(O)c1cc(C2CC=CC2)cc(N2CCCS2(=O)=O)c1. The molecule has 2 aliphatic rings. The van der Waals surface area contributed by atoms with Crippen LogP contribution in [0.5, 0.6) is 0 Å². The van der Waals surface area contributed by atoms with Gasteiger partial charge in [-0.25, -0.2) is 13.2 Å². The number of rotatable bonds is 3. The molecule has 0 unspecified atom stereocenters. The summed E-state index contributed by atoms with van der Waals surface area (Å²) in [7, 11) is -3.30. The highest BCUT2D eigenvalue weighted by Gasteiger charge is 2.29. The van der Waals surface area contributed by atoms with E-state index < -0.39 is 16.0 Å². The number of sulfonamides is 1. The second-order valence-corrected chi connectivity index (χ2v) is 7.51. The van der Waals surface area contributed by atoms with Crippen LogP contribution in [0.3, 0.4) is 0 Å². The van der Waals surface area contributed by atoms with Crippen molar-refractivity contribution < 1.29 is 18.3 Å². The first-order valence-corrected chi connectivity index (χ1v) is 8.62. The smallest absolute Gasteiger partial charge is 0.335 e. The maximum Gasteiger partial charge on any atom is 0.335 e. The summed E-state index contributed by atoms with van der Waals surface area (Å²) in [6.45, 7) is 0.424. The summed E-state index contributed by atoms with van der Waals surface area (Å²) in [4.78, 5) is 11.3. The van der Waals surface area contributed by atoms with Crippen molar-refractivity contribution in [2.24, 2.45) is 0 Å². The summed E-state index contributed by atoms with van der Waals surface area (Å²) in [6, 6.07) is 4.94. The molecule has 5 nitrogen and oxygen atoms in total. The molecule has 1 saturated heterocycles. The van der Waals surface area contributed by atoms with Crippen LogP contribution in [-0.4, -0.2) is 31.8 Å². The third-order valence-corrected chi connectivity index (χ3v) is 5.92. The number of hydrogen-bond acceptors (Lipinski definition) is 3. The summed E-state index contributed by atoms with van der Waals surface area (Å²) >= 11 is 0. The Balaban J connectivity index is 2.05. The largest absolute Gasteiger partial charge is 0.478 e. The number of benzene rings is 1. The normalized spacial score (nSPS) is 21.0. The van der Waals surface area contributed by atoms with Crippen LogP contribution >= 0.6 is 0 Å². The predicted molar refractivity (Wildman–Crippen MR) is 80.3 cm³/mol. The molecule has 1 fully saturated rings. The van der Waals surface area contributed by atoms with Crippen LogP contribution in [0.2, 0.25) is 0 Å². The lowest BCUT2D eigenvalue weighted by molar-refractivity contribution is 0.0696. The lowest BCUT2D eigenvalue weighted by atomic mass is 9.94. The fourth-order valence-electron chi connectivity index (χ4n) is 2.96. The molecule has 0 atom stereocenters. The van der Waals surface area contributed by atoms with Crippen molar-refractivity contribution in [2.45, 2.75) is 25.2 Å². The van der Waals surface area contributed by atoms with E-state index in [1.165, 1.54) is 10.4 Å². The summed E-state index contributed by atoms with van der Waals surface area (Å²) in [6.07, 6.45) is 6.47. The minimum Gasteiger partial charge on any atom is -0.478 e. The Morgan fingerprint density at radius 2 is 1.90 bits per heavy atom. The molecule has 6 heteroatoms. The Morgan fingerprint density at radius 1 is 1.19 bits per heavy atom. The van der Waals surface area contributed by atoms with Crippen molar-refractivity contribution in [2.75, 3.05) is 16.6 Å². The molecule has 0 amide bonds. The van der Waals surface area contributed by atoms with E-state index in [1.807, 2.05) is 6.07 Å². The van der Waals surface area contributed by atoms with Gasteiger partial charge in [-0.05, 0) is 48.9 Å². The van der Waals surface area contributed by atoms with Gasteiger partial charge in [0.2, 0.25) is 10.0 Å². The Kier molecular flexibility index (Phi) is 3.49. The second-order valence-electron chi connectivity index (χ2n) is 5.50. The maximum atomic E-state index is 12.0. The predicted octanol–water partition coefficient (Wildman–Crippen LogP) is 2.36. The number of allylic oxidation sites excluding steroid dienone is 2. The van der Waals surface area contributed by atoms with Gasteiger partial charge in [-0.15, -0.1) is 0 Å². The van der Waals surface area contributed by atoms with Crippen LogP contribution in [0.4, 0.5) is 5.69 Å². The van der Waals surface area contributed by atoms with E-state index in [1.54, 1.807) is 6.07 Å². The van der Waals surface area contributed by atoms with Crippen molar-refractivity contribution >= 4 is 21.7 Å². The topological polar surface area (TPSA) is 74.7 Å². The molecule has 112 valence electrons. The van der Waals surface area contributed by atoms with Crippen molar-refractivity contribution in [1.82, 2.24) is 0 Å². The zero-order valence-electron chi connectivity index (χ0n) is 11.5. The molecule has 3 rings (SSSR count). The minimum absolute atomic E-state index is 0.130. The van der Waals surface area contributed by atoms with Gasteiger partial charge in [0.1, 0.15) is 0 Å². The zero-order valence-corrected chi connectivity index (χ0v) is 12.3. The first-order chi connectivity index (χ1) is 9.97. The molecule has 1 heterocycles. The van der Waals surface area contributed by atoms with E-state index in [0.717, 1.165) is 18.4 Å². The minimum atomic E-state index is -3.30. The van der Waals surface area contributed by atoms with Gasteiger partial charge >= 0.3 is 5.97 Å². The molecule has 0 saturated carbocycles. The van der Waals surface area contributed by atoms with Crippen LogP contribution in [0.15, 0.2) is 30.4 Å². The third kappa shape index (κ3) is 2.68. The van der Waals surface area contributed by atoms with Crippen molar-refractivity contribution in [1.29, 1.82) is 0 Å². The van der Waals surface area contributed by atoms with E-state index in [-0.39, 0.29) is 17.2 Å². The summed E-state index contributed by atoms with van der Waals surface area (Å²) < 4.78 is 25.4. The molecule has 0 aromatic heterocycles. The second kappa shape index (κ2) is 5.18. The molecule has 1 aliphatic carbocycles. The summed E-state index contributed by atoms with van der Waals surface area (Å²) in [5.74, 6) is -0.654. The fourth-order valence-corrected chi connectivity index (χ4v) is 4.50. The van der Waals surface area contributed by atoms with Gasteiger partial charge in [0.05, 0.1) is 17.0 Å². The first kappa shape index (κ1) is 14.1. The van der Waals surface area contributed by atoms with E-state index in [9.17, 15) is 18.3 Å². The van der Waals surface area contributed by atoms with Gasteiger partial charge in [-0.1, -0.05) is 12.2 Å². The fraction of sp³-hybridized carbons (Fsp3) is 0.400. The molecular weight excluding hydrogens is 290 g/mol. The van der Waals surface area contributed by atoms with Gasteiger partial charge in [0.15, 0.2) is 0 Å². The highest BCUT2D eigenvalue weighted by Crippen LogP contribution is 2.34. The molecule has 1 N–H and O–H groups in total. The number of carboxylic acids is 1.